The molecule has 4 N–H and O–H groups in total. The molecule has 3 aromatic carbocycles. The number of anilines is 1. The SMILES string of the molecule is CC(C)C[C@H](O)C(=O)N[C@H](C(=O)N[C@@H]1C(=O)Nc2cc(Cl)ccc2O[C@@H]1c1ccccc1)c1ccccc1. The number of aliphatic hydroxyl groups is 1. The Hall–Kier alpha value is -3.88. The molecular weight excluding hydrogens is 506 g/mol. The van der Waals surface area contributed by atoms with Gasteiger partial charge in [0.2, 0.25) is 11.8 Å². The van der Waals surface area contributed by atoms with Crippen LogP contribution in [-0.2, 0) is 14.4 Å². The van der Waals surface area contributed by atoms with Crippen molar-refractivity contribution in [3.05, 3.63) is 95.0 Å². The van der Waals surface area contributed by atoms with Crippen LogP contribution in [0.4, 0.5) is 5.69 Å². The first-order chi connectivity index (χ1) is 18.2. The minimum Gasteiger partial charge on any atom is -0.481 e. The fourth-order valence-electron chi connectivity index (χ4n) is 4.27. The average Bonchev–Trinajstić information content (AvgIpc) is 3.03. The van der Waals surface area contributed by atoms with Crippen molar-refractivity contribution in [1.29, 1.82) is 0 Å². The van der Waals surface area contributed by atoms with E-state index in [4.69, 9.17) is 16.3 Å². The molecule has 0 bridgehead atoms. The fraction of sp³-hybridized carbons (Fsp3) is 0.276. The van der Waals surface area contributed by atoms with Gasteiger partial charge < -0.3 is 25.8 Å². The lowest BCUT2D eigenvalue weighted by molar-refractivity contribution is -0.136. The number of carbonyl (C=O) groups is 3. The highest BCUT2D eigenvalue weighted by molar-refractivity contribution is 6.31. The fourth-order valence-corrected chi connectivity index (χ4v) is 4.45. The van der Waals surface area contributed by atoms with E-state index in [-0.39, 0.29) is 12.3 Å². The summed E-state index contributed by atoms with van der Waals surface area (Å²) in [6.45, 7) is 3.77. The van der Waals surface area contributed by atoms with Gasteiger partial charge in [0.05, 0.1) is 5.69 Å². The van der Waals surface area contributed by atoms with Crippen LogP contribution in [0.25, 0.3) is 0 Å². The van der Waals surface area contributed by atoms with E-state index in [1.807, 2.05) is 32.0 Å². The largest absolute Gasteiger partial charge is 0.481 e. The lowest BCUT2D eigenvalue weighted by Crippen LogP contribution is -2.52. The number of ether oxygens (including phenoxy) is 1. The summed E-state index contributed by atoms with van der Waals surface area (Å²) in [6.07, 6.45) is -1.92. The monoisotopic (exact) mass is 535 g/mol. The Labute approximate surface area is 226 Å². The highest BCUT2D eigenvalue weighted by Gasteiger charge is 2.38. The third-order valence-electron chi connectivity index (χ3n) is 6.14. The molecule has 3 aromatic rings. The van der Waals surface area contributed by atoms with Gasteiger partial charge in [-0.3, -0.25) is 14.4 Å². The molecule has 0 saturated carbocycles. The molecule has 8 nitrogen and oxygen atoms in total. The first-order valence-corrected chi connectivity index (χ1v) is 12.8. The molecule has 9 heteroatoms. The molecule has 0 spiro atoms. The van der Waals surface area contributed by atoms with Gasteiger partial charge in [0.15, 0.2) is 6.10 Å². The van der Waals surface area contributed by atoms with Crippen LogP contribution in [0.3, 0.4) is 0 Å². The van der Waals surface area contributed by atoms with Gasteiger partial charge in [-0.1, -0.05) is 86.1 Å². The quantitative estimate of drug-likeness (QED) is 0.345. The van der Waals surface area contributed by atoms with Crippen molar-refractivity contribution in [2.75, 3.05) is 5.32 Å². The lowest BCUT2D eigenvalue weighted by atomic mass is 9.99. The van der Waals surface area contributed by atoms with Gasteiger partial charge >= 0.3 is 0 Å². The molecule has 0 unspecified atom stereocenters. The Morgan fingerprint density at radius 1 is 1.00 bits per heavy atom. The summed E-state index contributed by atoms with van der Waals surface area (Å²) in [7, 11) is 0. The number of fused-ring (bicyclic) bond motifs is 1. The number of carbonyl (C=O) groups excluding carboxylic acids is 3. The third-order valence-corrected chi connectivity index (χ3v) is 6.38. The molecule has 0 fully saturated rings. The molecule has 4 atom stereocenters. The summed E-state index contributed by atoms with van der Waals surface area (Å²) in [4.78, 5) is 39.9. The summed E-state index contributed by atoms with van der Waals surface area (Å²) in [5, 5.41) is 19.0. The molecule has 4 rings (SSSR count). The number of amides is 3. The number of aliphatic hydroxyl groups excluding tert-OH is 1. The van der Waals surface area contributed by atoms with Gasteiger partial charge in [-0.25, -0.2) is 0 Å². The van der Waals surface area contributed by atoms with E-state index in [1.165, 1.54) is 0 Å². The van der Waals surface area contributed by atoms with Gasteiger partial charge in [0.25, 0.3) is 5.91 Å². The Bertz CT molecular complexity index is 1290. The number of benzene rings is 3. The van der Waals surface area contributed by atoms with Crippen LogP contribution in [0.5, 0.6) is 5.75 Å². The van der Waals surface area contributed by atoms with Gasteiger partial charge in [-0.15, -0.1) is 0 Å². The molecule has 3 amide bonds. The normalized spacial score (nSPS) is 18.3. The maximum atomic E-state index is 13.7. The molecule has 0 saturated heterocycles. The number of halogens is 1. The topological polar surface area (TPSA) is 117 Å². The maximum Gasteiger partial charge on any atom is 0.251 e. The predicted octanol–water partition coefficient (Wildman–Crippen LogP) is 4.16. The van der Waals surface area contributed by atoms with E-state index in [2.05, 4.69) is 16.0 Å². The van der Waals surface area contributed by atoms with Crippen LogP contribution in [-0.4, -0.2) is 35.0 Å². The second-order valence-electron chi connectivity index (χ2n) is 9.56. The zero-order valence-electron chi connectivity index (χ0n) is 21.1. The standard InChI is InChI=1S/C29H30ClN3O5/c1-17(2)15-22(34)27(35)32-24(18-9-5-3-6-10-18)28(36)33-25-26(19-11-7-4-8-12-19)38-23-14-13-20(30)16-21(23)31-29(25)37/h3-14,16-17,22,24-26,34H,15H2,1-2H3,(H,31,37)(H,32,35)(H,33,36)/t22-,24-,25-,26+/m0/s1. The Balaban J connectivity index is 1.65. The lowest BCUT2D eigenvalue weighted by Gasteiger charge is -2.28. The molecule has 1 aliphatic rings. The summed E-state index contributed by atoms with van der Waals surface area (Å²) in [5.41, 5.74) is 1.55. The Kier molecular flexibility index (Phi) is 8.66. The predicted molar refractivity (Wildman–Crippen MR) is 145 cm³/mol. The summed E-state index contributed by atoms with van der Waals surface area (Å²) in [5.74, 6) is -1.33. The second kappa shape index (κ2) is 12.1. The van der Waals surface area contributed by atoms with E-state index < -0.39 is 42.0 Å². The van der Waals surface area contributed by atoms with Crippen molar-refractivity contribution in [2.45, 2.75) is 44.6 Å². The highest BCUT2D eigenvalue weighted by atomic mass is 35.5. The van der Waals surface area contributed by atoms with Gasteiger partial charge in [0, 0.05) is 5.02 Å². The van der Waals surface area contributed by atoms with Gasteiger partial charge in [-0.05, 0) is 41.7 Å². The molecule has 38 heavy (non-hydrogen) atoms. The Morgan fingerprint density at radius 2 is 1.66 bits per heavy atom. The summed E-state index contributed by atoms with van der Waals surface area (Å²) >= 11 is 6.13. The van der Waals surface area contributed by atoms with Crippen LogP contribution in [0.2, 0.25) is 5.02 Å². The molecule has 198 valence electrons. The molecule has 1 heterocycles. The third kappa shape index (κ3) is 6.51. The van der Waals surface area contributed by atoms with E-state index in [9.17, 15) is 19.5 Å². The van der Waals surface area contributed by atoms with Crippen LogP contribution >= 0.6 is 11.6 Å². The first-order valence-electron chi connectivity index (χ1n) is 12.4. The van der Waals surface area contributed by atoms with Gasteiger partial charge in [-0.2, -0.15) is 0 Å². The molecular formula is C29H30ClN3O5. The maximum absolute atomic E-state index is 13.7. The van der Waals surface area contributed by atoms with E-state index >= 15 is 0 Å². The number of rotatable bonds is 8. The van der Waals surface area contributed by atoms with Crippen LogP contribution in [0, 0.1) is 5.92 Å². The summed E-state index contributed by atoms with van der Waals surface area (Å²) < 4.78 is 6.25. The molecule has 0 radical (unpaired) electrons. The number of nitrogens with one attached hydrogen (secondary N) is 3. The number of hydrogen-bond donors (Lipinski definition) is 4. The van der Waals surface area contributed by atoms with E-state index in [0.29, 0.717) is 27.6 Å². The van der Waals surface area contributed by atoms with Crippen molar-refractivity contribution in [3.63, 3.8) is 0 Å². The molecule has 0 aliphatic carbocycles. The minimum atomic E-state index is -1.28. The molecule has 0 aromatic heterocycles. The number of hydrogen-bond acceptors (Lipinski definition) is 5. The van der Waals surface area contributed by atoms with Crippen LogP contribution in [0.1, 0.15) is 43.5 Å². The van der Waals surface area contributed by atoms with Crippen molar-refractivity contribution in [3.8, 4) is 5.75 Å². The zero-order valence-corrected chi connectivity index (χ0v) is 21.8. The van der Waals surface area contributed by atoms with Crippen molar-refractivity contribution in [2.24, 2.45) is 5.92 Å². The first kappa shape index (κ1) is 27.2. The average molecular weight is 536 g/mol. The zero-order chi connectivity index (χ0) is 27.2. The molecule has 1 aliphatic heterocycles. The highest BCUT2D eigenvalue weighted by Crippen LogP contribution is 2.36. The van der Waals surface area contributed by atoms with Crippen molar-refractivity contribution < 1.29 is 24.2 Å². The second-order valence-corrected chi connectivity index (χ2v) is 10.00. The van der Waals surface area contributed by atoms with Crippen LogP contribution in [0.15, 0.2) is 78.9 Å². The van der Waals surface area contributed by atoms with E-state index in [0.717, 1.165) is 0 Å². The Morgan fingerprint density at radius 3 is 2.32 bits per heavy atom. The smallest absolute Gasteiger partial charge is 0.251 e. The van der Waals surface area contributed by atoms with E-state index in [1.54, 1.807) is 60.7 Å². The van der Waals surface area contributed by atoms with Crippen molar-refractivity contribution >= 4 is 35.0 Å². The summed E-state index contributed by atoms with van der Waals surface area (Å²) in [6, 6.07) is 20.3. The van der Waals surface area contributed by atoms with Crippen LogP contribution < -0.4 is 20.7 Å². The van der Waals surface area contributed by atoms with Crippen molar-refractivity contribution in [1.82, 2.24) is 10.6 Å². The minimum absolute atomic E-state index is 0.0772. The van der Waals surface area contributed by atoms with Gasteiger partial charge in [0.1, 0.15) is 23.9 Å².